The van der Waals surface area contributed by atoms with Gasteiger partial charge in [0.2, 0.25) is 0 Å². The van der Waals surface area contributed by atoms with E-state index in [0.29, 0.717) is 0 Å². The molecule has 90 valence electrons. The van der Waals surface area contributed by atoms with Crippen LogP contribution in [0.2, 0.25) is 0 Å². The quantitative estimate of drug-likeness (QED) is 0.748. The number of hydrogen-bond acceptors (Lipinski definition) is 3. The summed E-state index contributed by atoms with van der Waals surface area (Å²) in [7, 11) is 3.23. The number of nitriles is 1. The maximum absolute atomic E-state index is 9.32. The zero-order chi connectivity index (χ0) is 12.3. The SMILES string of the molecule is COC(OC)c1cccc(C2(C#N)CCC2)c1. The monoisotopic (exact) mass is 231 g/mol. The van der Waals surface area contributed by atoms with Gasteiger partial charge in [0.15, 0.2) is 6.29 Å². The average Bonchev–Trinajstić information content (AvgIpc) is 2.31. The summed E-state index contributed by atoms with van der Waals surface area (Å²) >= 11 is 0. The first-order valence-electron chi connectivity index (χ1n) is 5.83. The molecule has 1 aromatic carbocycles. The second-order valence-corrected chi connectivity index (χ2v) is 4.48. The van der Waals surface area contributed by atoms with E-state index in [1.54, 1.807) is 14.2 Å². The molecule has 0 unspecified atom stereocenters. The van der Waals surface area contributed by atoms with E-state index in [9.17, 15) is 5.26 Å². The molecule has 0 radical (unpaired) electrons. The number of nitrogens with zero attached hydrogens (tertiary/aromatic N) is 1. The first kappa shape index (κ1) is 12.1. The van der Waals surface area contributed by atoms with E-state index in [-0.39, 0.29) is 11.7 Å². The number of ether oxygens (including phenoxy) is 2. The first-order valence-corrected chi connectivity index (χ1v) is 5.83. The lowest BCUT2D eigenvalue weighted by molar-refractivity contribution is -0.106. The highest BCUT2D eigenvalue weighted by Gasteiger charge is 2.39. The van der Waals surface area contributed by atoms with Crippen molar-refractivity contribution in [3.63, 3.8) is 0 Å². The van der Waals surface area contributed by atoms with E-state index in [1.165, 1.54) is 0 Å². The smallest absolute Gasteiger partial charge is 0.183 e. The predicted octanol–water partition coefficient (Wildman–Crippen LogP) is 2.92. The van der Waals surface area contributed by atoms with Crippen molar-refractivity contribution >= 4 is 0 Å². The van der Waals surface area contributed by atoms with Gasteiger partial charge in [0.1, 0.15) is 0 Å². The van der Waals surface area contributed by atoms with Gasteiger partial charge in [-0.3, -0.25) is 0 Å². The number of benzene rings is 1. The fourth-order valence-electron chi connectivity index (χ4n) is 2.35. The largest absolute Gasteiger partial charge is 0.352 e. The van der Waals surface area contributed by atoms with Gasteiger partial charge in [-0.15, -0.1) is 0 Å². The van der Waals surface area contributed by atoms with E-state index < -0.39 is 0 Å². The summed E-state index contributed by atoms with van der Waals surface area (Å²) in [5.74, 6) is 0. The molecule has 0 saturated heterocycles. The van der Waals surface area contributed by atoms with Crippen LogP contribution in [0.25, 0.3) is 0 Å². The molecule has 0 atom stereocenters. The first-order chi connectivity index (χ1) is 8.25. The van der Waals surface area contributed by atoms with Crippen molar-refractivity contribution in [1.29, 1.82) is 5.26 Å². The molecule has 1 aromatic rings. The summed E-state index contributed by atoms with van der Waals surface area (Å²) < 4.78 is 10.5. The van der Waals surface area contributed by atoms with Crippen molar-refractivity contribution in [2.45, 2.75) is 31.0 Å². The van der Waals surface area contributed by atoms with Crippen molar-refractivity contribution in [1.82, 2.24) is 0 Å². The van der Waals surface area contributed by atoms with E-state index in [1.807, 2.05) is 24.3 Å². The van der Waals surface area contributed by atoms with Gasteiger partial charge in [0.25, 0.3) is 0 Å². The highest BCUT2D eigenvalue weighted by molar-refractivity contribution is 5.38. The van der Waals surface area contributed by atoms with Crippen molar-refractivity contribution in [2.75, 3.05) is 14.2 Å². The fraction of sp³-hybridized carbons (Fsp3) is 0.500. The molecule has 0 N–H and O–H groups in total. The van der Waals surface area contributed by atoms with Gasteiger partial charge in [-0.05, 0) is 30.9 Å². The van der Waals surface area contributed by atoms with Crippen molar-refractivity contribution in [2.24, 2.45) is 0 Å². The van der Waals surface area contributed by atoms with E-state index >= 15 is 0 Å². The Morgan fingerprint density at radius 2 is 2.00 bits per heavy atom. The van der Waals surface area contributed by atoms with Crippen LogP contribution in [0.4, 0.5) is 0 Å². The number of hydrogen-bond donors (Lipinski definition) is 0. The molecule has 1 fully saturated rings. The van der Waals surface area contributed by atoms with Crippen LogP contribution < -0.4 is 0 Å². The standard InChI is InChI=1S/C14H17NO2/c1-16-13(17-2)11-5-3-6-12(9-11)14(10-15)7-4-8-14/h3,5-6,9,13H,4,7-8H2,1-2H3. The van der Waals surface area contributed by atoms with Gasteiger partial charge in [0.05, 0.1) is 11.5 Å². The molecule has 17 heavy (non-hydrogen) atoms. The third-order valence-electron chi connectivity index (χ3n) is 3.56. The molecule has 1 aliphatic rings. The molecule has 0 aromatic heterocycles. The Balaban J connectivity index is 2.32. The van der Waals surface area contributed by atoms with Crippen LogP contribution in [0, 0.1) is 11.3 Å². The minimum absolute atomic E-state index is 0.276. The third kappa shape index (κ3) is 2.06. The van der Waals surface area contributed by atoms with Gasteiger partial charge in [-0.1, -0.05) is 18.2 Å². The maximum atomic E-state index is 9.32. The Hall–Kier alpha value is -1.37. The van der Waals surface area contributed by atoms with Gasteiger partial charge >= 0.3 is 0 Å². The zero-order valence-corrected chi connectivity index (χ0v) is 10.3. The number of methoxy groups -OCH3 is 2. The zero-order valence-electron chi connectivity index (χ0n) is 10.3. The molecule has 0 amide bonds. The summed E-state index contributed by atoms with van der Waals surface area (Å²) in [6, 6.07) is 10.4. The molecule has 0 heterocycles. The minimum atomic E-state index is -0.356. The molecule has 3 heteroatoms. The van der Waals surface area contributed by atoms with Gasteiger partial charge in [0, 0.05) is 19.8 Å². The summed E-state index contributed by atoms with van der Waals surface area (Å²) in [5.41, 5.74) is 1.78. The minimum Gasteiger partial charge on any atom is -0.352 e. The van der Waals surface area contributed by atoms with Crippen LogP contribution in [-0.2, 0) is 14.9 Å². The fourth-order valence-corrected chi connectivity index (χ4v) is 2.35. The third-order valence-corrected chi connectivity index (χ3v) is 3.56. The van der Waals surface area contributed by atoms with Crippen LogP contribution >= 0.6 is 0 Å². The van der Waals surface area contributed by atoms with E-state index in [0.717, 1.165) is 30.4 Å². The second kappa shape index (κ2) is 4.87. The molecule has 3 nitrogen and oxygen atoms in total. The second-order valence-electron chi connectivity index (χ2n) is 4.48. The van der Waals surface area contributed by atoms with E-state index in [4.69, 9.17) is 9.47 Å². The number of rotatable bonds is 4. The summed E-state index contributed by atoms with van der Waals surface area (Å²) in [4.78, 5) is 0. The van der Waals surface area contributed by atoms with Crippen LogP contribution in [-0.4, -0.2) is 14.2 Å². The van der Waals surface area contributed by atoms with Gasteiger partial charge in [-0.25, -0.2) is 0 Å². The highest BCUT2D eigenvalue weighted by atomic mass is 16.7. The lowest BCUT2D eigenvalue weighted by atomic mass is 9.65. The molecule has 0 aliphatic heterocycles. The normalized spacial score (nSPS) is 17.5. The Bertz CT molecular complexity index is 428. The molecule has 2 rings (SSSR count). The average molecular weight is 231 g/mol. The Labute approximate surface area is 102 Å². The lowest BCUT2D eigenvalue weighted by Gasteiger charge is -2.36. The molecule has 0 bridgehead atoms. The van der Waals surface area contributed by atoms with Crippen molar-refractivity contribution in [3.8, 4) is 6.07 Å². The van der Waals surface area contributed by atoms with Gasteiger partial charge in [-0.2, -0.15) is 5.26 Å². The molecule has 0 spiro atoms. The lowest BCUT2D eigenvalue weighted by Crippen LogP contribution is -2.32. The predicted molar refractivity (Wildman–Crippen MR) is 64.3 cm³/mol. The summed E-state index contributed by atoms with van der Waals surface area (Å²) in [6.07, 6.45) is 2.69. The van der Waals surface area contributed by atoms with Crippen LogP contribution in [0.1, 0.15) is 36.7 Å². The molecular formula is C14H17NO2. The van der Waals surface area contributed by atoms with Crippen LogP contribution in [0.5, 0.6) is 0 Å². The van der Waals surface area contributed by atoms with E-state index in [2.05, 4.69) is 6.07 Å². The highest BCUT2D eigenvalue weighted by Crippen LogP contribution is 2.43. The van der Waals surface area contributed by atoms with Crippen molar-refractivity contribution < 1.29 is 9.47 Å². The summed E-state index contributed by atoms with van der Waals surface area (Å²) in [6.45, 7) is 0. The molecule has 1 aliphatic carbocycles. The Morgan fingerprint density at radius 3 is 2.47 bits per heavy atom. The van der Waals surface area contributed by atoms with Crippen molar-refractivity contribution in [3.05, 3.63) is 35.4 Å². The summed E-state index contributed by atoms with van der Waals surface area (Å²) in [5, 5.41) is 9.32. The Morgan fingerprint density at radius 1 is 1.29 bits per heavy atom. The molecular weight excluding hydrogens is 214 g/mol. The topological polar surface area (TPSA) is 42.2 Å². The van der Waals surface area contributed by atoms with Gasteiger partial charge < -0.3 is 9.47 Å². The maximum Gasteiger partial charge on any atom is 0.183 e. The van der Waals surface area contributed by atoms with Crippen LogP contribution in [0.15, 0.2) is 24.3 Å². The Kier molecular flexibility index (Phi) is 3.46. The molecule has 1 saturated carbocycles. The van der Waals surface area contributed by atoms with Crippen LogP contribution in [0.3, 0.4) is 0 Å².